The van der Waals surface area contributed by atoms with Crippen LogP contribution in [0.1, 0.15) is 40.6 Å². The predicted octanol–water partition coefficient (Wildman–Crippen LogP) is 3.15. The standard InChI is InChI=1S/C17H20N2O3.ClH/c1-21-14-6-4-12(5-7-14)16-3-2-8-19(16)17(20)13-9-15(10-18)22-11-13;/h4-7,9,11,16H,2-3,8,10,18H2,1H3;1H. The summed E-state index contributed by atoms with van der Waals surface area (Å²) < 4.78 is 10.5. The molecule has 1 saturated heterocycles. The van der Waals surface area contributed by atoms with Crippen LogP contribution < -0.4 is 10.5 Å². The zero-order valence-corrected chi connectivity index (χ0v) is 13.8. The highest BCUT2D eigenvalue weighted by Gasteiger charge is 2.31. The minimum absolute atomic E-state index is 0. The van der Waals surface area contributed by atoms with Gasteiger partial charge in [-0.2, -0.15) is 0 Å². The Morgan fingerprint density at radius 1 is 1.39 bits per heavy atom. The van der Waals surface area contributed by atoms with Gasteiger partial charge >= 0.3 is 0 Å². The third-order valence-electron chi connectivity index (χ3n) is 4.12. The number of furan rings is 1. The number of ether oxygens (including phenoxy) is 1. The van der Waals surface area contributed by atoms with Crippen LogP contribution in [0.4, 0.5) is 0 Å². The maximum atomic E-state index is 12.7. The maximum Gasteiger partial charge on any atom is 0.257 e. The third kappa shape index (κ3) is 3.51. The van der Waals surface area contributed by atoms with Crippen LogP contribution in [-0.4, -0.2) is 24.5 Å². The molecule has 0 spiro atoms. The summed E-state index contributed by atoms with van der Waals surface area (Å²) in [5.41, 5.74) is 7.24. The summed E-state index contributed by atoms with van der Waals surface area (Å²) in [6.45, 7) is 1.06. The van der Waals surface area contributed by atoms with Gasteiger partial charge in [-0.3, -0.25) is 4.79 Å². The van der Waals surface area contributed by atoms with Gasteiger partial charge in [0.2, 0.25) is 0 Å². The molecule has 0 aliphatic carbocycles. The lowest BCUT2D eigenvalue weighted by Crippen LogP contribution is -2.30. The lowest BCUT2D eigenvalue weighted by Gasteiger charge is -2.24. The molecule has 0 radical (unpaired) electrons. The first kappa shape index (κ1) is 17.4. The zero-order chi connectivity index (χ0) is 15.5. The van der Waals surface area contributed by atoms with Crippen LogP contribution in [0.3, 0.4) is 0 Å². The minimum Gasteiger partial charge on any atom is -0.497 e. The molecule has 1 aromatic heterocycles. The number of hydrogen-bond donors (Lipinski definition) is 1. The van der Waals surface area contributed by atoms with Gasteiger partial charge in [0.05, 0.1) is 25.3 Å². The number of nitrogens with two attached hydrogens (primary N) is 1. The van der Waals surface area contributed by atoms with E-state index in [0.29, 0.717) is 17.9 Å². The van der Waals surface area contributed by atoms with E-state index in [1.54, 1.807) is 13.2 Å². The Morgan fingerprint density at radius 2 is 2.13 bits per heavy atom. The molecule has 2 aromatic rings. The molecule has 0 bridgehead atoms. The van der Waals surface area contributed by atoms with Gasteiger partial charge in [-0.15, -0.1) is 12.4 Å². The molecule has 3 rings (SSSR count). The van der Waals surface area contributed by atoms with Crippen LogP contribution in [0.2, 0.25) is 0 Å². The molecule has 1 amide bonds. The van der Waals surface area contributed by atoms with Crippen LogP contribution in [-0.2, 0) is 6.54 Å². The Kier molecular flexibility index (Phi) is 5.69. The van der Waals surface area contributed by atoms with Gasteiger partial charge in [-0.05, 0) is 36.6 Å². The second kappa shape index (κ2) is 7.53. The van der Waals surface area contributed by atoms with Crippen LogP contribution in [0.15, 0.2) is 41.0 Å². The molecule has 1 aliphatic heterocycles. The number of amides is 1. The Labute approximate surface area is 141 Å². The summed E-state index contributed by atoms with van der Waals surface area (Å²) >= 11 is 0. The Bertz CT molecular complexity index is 654. The Morgan fingerprint density at radius 3 is 2.74 bits per heavy atom. The van der Waals surface area contributed by atoms with E-state index in [1.165, 1.54) is 6.26 Å². The summed E-state index contributed by atoms with van der Waals surface area (Å²) in [4.78, 5) is 14.6. The number of carbonyl (C=O) groups excluding carboxylic acids is 1. The summed E-state index contributed by atoms with van der Waals surface area (Å²) in [5, 5.41) is 0. The lowest BCUT2D eigenvalue weighted by molar-refractivity contribution is 0.0735. The van der Waals surface area contributed by atoms with Crippen molar-refractivity contribution in [2.45, 2.75) is 25.4 Å². The molecule has 0 saturated carbocycles. The average Bonchev–Trinajstić information content (AvgIpc) is 3.23. The lowest BCUT2D eigenvalue weighted by atomic mass is 10.0. The van der Waals surface area contributed by atoms with Gasteiger partial charge in [-0.1, -0.05) is 12.1 Å². The molecule has 1 fully saturated rings. The second-order valence-electron chi connectivity index (χ2n) is 5.44. The minimum atomic E-state index is 0. The molecule has 1 aliphatic rings. The maximum absolute atomic E-state index is 12.7. The fourth-order valence-electron chi connectivity index (χ4n) is 2.95. The van der Waals surface area contributed by atoms with Crippen LogP contribution in [0.5, 0.6) is 5.75 Å². The zero-order valence-electron chi connectivity index (χ0n) is 13.0. The molecule has 1 atom stereocenters. The van der Waals surface area contributed by atoms with Gasteiger partial charge in [0.1, 0.15) is 17.8 Å². The monoisotopic (exact) mass is 336 g/mol. The molecular weight excluding hydrogens is 316 g/mol. The number of halogens is 1. The topological polar surface area (TPSA) is 68.7 Å². The summed E-state index contributed by atoms with van der Waals surface area (Å²) in [7, 11) is 1.65. The first-order valence-corrected chi connectivity index (χ1v) is 7.45. The van der Waals surface area contributed by atoms with E-state index >= 15 is 0 Å². The van der Waals surface area contributed by atoms with E-state index in [1.807, 2.05) is 29.2 Å². The Hall–Kier alpha value is -1.98. The molecule has 2 N–H and O–H groups in total. The van der Waals surface area contributed by atoms with Crippen molar-refractivity contribution in [1.82, 2.24) is 4.90 Å². The molecule has 1 unspecified atom stereocenters. The SMILES string of the molecule is COc1ccc(C2CCCN2C(=O)c2coc(CN)c2)cc1.Cl. The fourth-order valence-corrected chi connectivity index (χ4v) is 2.95. The molecule has 5 nitrogen and oxygen atoms in total. The van der Waals surface area contributed by atoms with Crippen molar-refractivity contribution in [3.63, 3.8) is 0 Å². The number of likely N-dealkylation sites (tertiary alicyclic amines) is 1. The first-order chi connectivity index (χ1) is 10.7. The van der Waals surface area contributed by atoms with Gasteiger partial charge in [0.15, 0.2) is 0 Å². The van der Waals surface area contributed by atoms with E-state index in [4.69, 9.17) is 14.9 Å². The summed E-state index contributed by atoms with van der Waals surface area (Å²) in [6.07, 6.45) is 3.47. The van der Waals surface area contributed by atoms with Gasteiger partial charge in [-0.25, -0.2) is 0 Å². The normalized spacial score (nSPS) is 17.0. The largest absolute Gasteiger partial charge is 0.497 e. The average molecular weight is 337 g/mol. The van der Waals surface area contributed by atoms with Gasteiger partial charge in [0.25, 0.3) is 5.91 Å². The third-order valence-corrected chi connectivity index (χ3v) is 4.12. The van der Waals surface area contributed by atoms with E-state index < -0.39 is 0 Å². The number of nitrogens with zero attached hydrogens (tertiary/aromatic N) is 1. The van der Waals surface area contributed by atoms with Crippen molar-refractivity contribution in [1.29, 1.82) is 0 Å². The quantitative estimate of drug-likeness (QED) is 0.931. The van der Waals surface area contributed by atoms with Crippen LogP contribution in [0, 0.1) is 0 Å². The summed E-state index contributed by atoms with van der Waals surface area (Å²) in [6, 6.07) is 9.74. The van der Waals surface area contributed by atoms with E-state index in [-0.39, 0.29) is 24.4 Å². The smallest absolute Gasteiger partial charge is 0.257 e. The van der Waals surface area contributed by atoms with E-state index in [2.05, 4.69) is 0 Å². The first-order valence-electron chi connectivity index (χ1n) is 7.45. The second-order valence-corrected chi connectivity index (χ2v) is 5.44. The van der Waals surface area contributed by atoms with Crippen LogP contribution >= 0.6 is 12.4 Å². The van der Waals surface area contributed by atoms with Crippen molar-refractivity contribution in [3.05, 3.63) is 53.5 Å². The number of methoxy groups -OCH3 is 1. The molecule has 6 heteroatoms. The highest BCUT2D eigenvalue weighted by molar-refractivity contribution is 5.94. The fraction of sp³-hybridized carbons (Fsp3) is 0.353. The molecular formula is C17H21ClN2O3. The van der Waals surface area contributed by atoms with Crippen LogP contribution in [0.25, 0.3) is 0 Å². The van der Waals surface area contributed by atoms with E-state index in [0.717, 1.165) is 30.7 Å². The molecule has 1 aromatic carbocycles. The van der Waals surface area contributed by atoms with Crippen molar-refractivity contribution in [2.24, 2.45) is 5.73 Å². The summed E-state index contributed by atoms with van der Waals surface area (Å²) in [5.74, 6) is 1.45. The van der Waals surface area contributed by atoms with Crippen molar-refractivity contribution in [2.75, 3.05) is 13.7 Å². The van der Waals surface area contributed by atoms with Crippen molar-refractivity contribution >= 4 is 18.3 Å². The van der Waals surface area contributed by atoms with Gasteiger partial charge in [0, 0.05) is 6.54 Å². The molecule has 124 valence electrons. The Balaban J connectivity index is 0.00000192. The number of benzene rings is 1. The number of rotatable bonds is 4. The van der Waals surface area contributed by atoms with E-state index in [9.17, 15) is 4.79 Å². The number of carbonyl (C=O) groups is 1. The highest BCUT2D eigenvalue weighted by atomic mass is 35.5. The number of hydrogen-bond acceptors (Lipinski definition) is 4. The van der Waals surface area contributed by atoms with Crippen molar-refractivity contribution in [3.8, 4) is 5.75 Å². The molecule has 2 heterocycles. The molecule has 23 heavy (non-hydrogen) atoms. The van der Waals surface area contributed by atoms with Crippen molar-refractivity contribution < 1.29 is 13.9 Å². The highest BCUT2D eigenvalue weighted by Crippen LogP contribution is 2.34. The predicted molar refractivity (Wildman–Crippen MR) is 89.9 cm³/mol. The van der Waals surface area contributed by atoms with Gasteiger partial charge < -0.3 is 19.8 Å².